The molecule has 5 aromatic heterocycles. The summed E-state index contributed by atoms with van der Waals surface area (Å²) in [6, 6.07) is 0.476. The second kappa shape index (κ2) is 12.8. The van der Waals surface area contributed by atoms with E-state index in [0.29, 0.717) is 32.3 Å². The topological polar surface area (TPSA) is 164 Å². The van der Waals surface area contributed by atoms with Crippen LogP contribution in [-0.2, 0) is 22.6 Å². The van der Waals surface area contributed by atoms with Crippen molar-refractivity contribution in [2.45, 2.75) is 52.9 Å². The fourth-order valence-corrected chi connectivity index (χ4v) is 5.52. The minimum Gasteiger partial charge on any atom is -0.377 e. The number of nitrogens with two attached hydrogens (primary N) is 1. The number of nitrogens with zero attached hydrogens (tertiary/aromatic N) is 12. The molecule has 16 heteroatoms. The van der Waals surface area contributed by atoms with Crippen LogP contribution in [0.2, 0.25) is 5.28 Å². The Balaban J connectivity index is 0.000000162. The number of hydrogen-bond donors (Lipinski definition) is 1. The number of hydrogen-bond acceptors (Lipinski definition) is 13. The maximum Gasteiger partial charge on any atom is 0.226 e. The maximum absolute atomic E-state index is 6.06. The number of ether oxygens (including phenoxy) is 2. The van der Waals surface area contributed by atoms with E-state index in [0.717, 1.165) is 65.7 Å². The van der Waals surface area contributed by atoms with Gasteiger partial charge >= 0.3 is 0 Å². The van der Waals surface area contributed by atoms with E-state index >= 15 is 0 Å². The second-order valence-electron chi connectivity index (χ2n) is 10.7. The maximum atomic E-state index is 6.06. The Hall–Kier alpha value is -4.21. The first kappa shape index (κ1) is 29.8. The molecule has 15 nitrogen and oxygen atoms in total. The van der Waals surface area contributed by atoms with Crippen LogP contribution in [-0.4, -0.2) is 101 Å². The molecule has 2 atom stereocenters. The summed E-state index contributed by atoms with van der Waals surface area (Å²) in [5, 5.41) is 0.261. The van der Waals surface area contributed by atoms with Gasteiger partial charge in [0.25, 0.3) is 0 Å². The van der Waals surface area contributed by atoms with Gasteiger partial charge in [-0.25, -0.2) is 29.9 Å². The van der Waals surface area contributed by atoms with Crippen LogP contribution >= 0.6 is 11.6 Å². The van der Waals surface area contributed by atoms with Crippen LogP contribution in [0, 0.1) is 0 Å². The first-order chi connectivity index (χ1) is 21.4. The summed E-state index contributed by atoms with van der Waals surface area (Å²) in [4.78, 5) is 39.6. The van der Waals surface area contributed by atoms with Crippen molar-refractivity contribution in [2.24, 2.45) is 0 Å². The highest BCUT2D eigenvalue weighted by Crippen LogP contribution is 2.29. The number of nitrogen functional groups attached to an aromatic ring is 1. The molecule has 2 saturated heterocycles. The Kier molecular flexibility index (Phi) is 8.68. The van der Waals surface area contributed by atoms with E-state index in [2.05, 4.69) is 60.5 Å². The Bertz CT molecular complexity index is 1740. The SMILES string of the molecule is CCn1cnc2c(N3CCOC[C@@H]3C)nc(-c3cnc(N)nc3)nc21.CCn1cnc2c(N3CCOC[C@@H]3C)nc(Cl)nc21. The van der Waals surface area contributed by atoms with Gasteiger partial charge in [-0.1, -0.05) is 0 Å². The molecule has 2 aliphatic heterocycles. The highest BCUT2D eigenvalue weighted by molar-refractivity contribution is 6.28. The van der Waals surface area contributed by atoms with Crippen molar-refractivity contribution in [1.29, 1.82) is 0 Å². The number of fused-ring (bicyclic) bond motifs is 2. The van der Waals surface area contributed by atoms with Gasteiger partial charge in [0.15, 0.2) is 39.8 Å². The standard InChI is InChI=1S/C16H20N8O.C12H16ClN5O/c1-3-23-9-20-12-14(23)21-13(11-6-18-16(17)19-7-11)22-15(12)24-4-5-25-8-10(24)2;1-3-17-7-14-9-10(17)15-12(13)16-11(9)18-4-5-19-6-8(18)2/h6-7,9-10H,3-5,8H2,1-2H3,(H2,17,18,19);7-8H,3-6H2,1-2H3/t10-;8-/m00/s1. The van der Waals surface area contributed by atoms with Gasteiger partial charge in [-0.15, -0.1) is 0 Å². The van der Waals surface area contributed by atoms with E-state index < -0.39 is 0 Å². The molecule has 0 aliphatic carbocycles. The molecule has 0 unspecified atom stereocenters. The summed E-state index contributed by atoms with van der Waals surface area (Å²) < 4.78 is 15.0. The molecular formula is C28H36ClN13O2. The highest BCUT2D eigenvalue weighted by atomic mass is 35.5. The van der Waals surface area contributed by atoms with Gasteiger partial charge < -0.3 is 34.1 Å². The Labute approximate surface area is 259 Å². The van der Waals surface area contributed by atoms with E-state index in [-0.39, 0.29) is 23.3 Å². The lowest BCUT2D eigenvalue weighted by atomic mass is 10.2. The van der Waals surface area contributed by atoms with Crippen LogP contribution in [0.1, 0.15) is 27.7 Å². The molecule has 0 bridgehead atoms. The zero-order valence-corrected chi connectivity index (χ0v) is 26.0. The molecule has 0 saturated carbocycles. The van der Waals surface area contributed by atoms with Gasteiger partial charge in [0.2, 0.25) is 11.2 Å². The van der Waals surface area contributed by atoms with Crippen molar-refractivity contribution in [2.75, 3.05) is 55.1 Å². The molecule has 2 aliphatic rings. The van der Waals surface area contributed by atoms with Crippen LogP contribution in [0.5, 0.6) is 0 Å². The third-order valence-corrected chi connectivity index (χ3v) is 7.92. The van der Waals surface area contributed by atoms with E-state index in [1.807, 2.05) is 16.1 Å². The minimum absolute atomic E-state index is 0.217. The molecule has 2 N–H and O–H groups in total. The smallest absolute Gasteiger partial charge is 0.226 e. The Morgan fingerprint density at radius 3 is 1.82 bits per heavy atom. The highest BCUT2D eigenvalue weighted by Gasteiger charge is 2.26. The summed E-state index contributed by atoms with van der Waals surface area (Å²) in [5.41, 5.74) is 9.51. The number of morpholine rings is 2. The zero-order valence-electron chi connectivity index (χ0n) is 25.3. The van der Waals surface area contributed by atoms with Gasteiger partial charge in [-0.05, 0) is 39.3 Å². The zero-order chi connectivity index (χ0) is 30.8. The van der Waals surface area contributed by atoms with Gasteiger partial charge in [0.05, 0.1) is 56.7 Å². The van der Waals surface area contributed by atoms with E-state index in [1.165, 1.54) is 0 Å². The van der Waals surface area contributed by atoms with Crippen LogP contribution in [0.25, 0.3) is 33.7 Å². The normalized spacial score (nSPS) is 18.9. The molecule has 7 heterocycles. The van der Waals surface area contributed by atoms with E-state index in [4.69, 9.17) is 36.8 Å². The quantitative estimate of drug-likeness (QED) is 0.285. The lowest BCUT2D eigenvalue weighted by Crippen LogP contribution is -2.44. The molecule has 5 aromatic rings. The number of halogens is 1. The molecule has 0 radical (unpaired) electrons. The Morgan fingerprint density at radius 1 is 0.773 bits per heavy atom. The number of anilines is 3. The van der Waals surface area contributed by atoms with Crippen LogP contribution in [0.4, 0.5) is 17.6 Å². The number of imidazole rings is 2. The fourth-order valence-electron chi connectivity index (χ4n) is 5.36. The number of aryl methyl sites for hydroxylation is 2. The second-order valence-corrected chi connectivity index (χ2v) is 11.0. The summed E-state index contributed by atoms with van der Waals surface area (Å²) in [6.45, 7) is 14.2. The minimum atomic E-state index is 0.217. The lowest BCUT2D eigenvalue weighted by Gasteiger charge is -2.34. The molecular weight excluding hydrogens is 586 g/mol. The predicted octanol–water partition coefficient (Wildman–Crippen LogP) is 2.84. The molecule has 232 valence electrons. The van der Waals surface area contributed by atoms with Crippen molar-refractivity contribution in [3.63, 3.8) is 0 Å². The van der Waals surface area contributed by atoms with E-state index in [9.17, 15) is 0 Å². The van der Waals surface area contributed by atoms with Crippen LogP contribution < -0.4 is 15.5 Å². The monoisotopic (exact) mass is 621 g/mol. The summed E-state index contributed by atoms with van der Waals surface area (Å²) >= 11 is 6.06. The van der Waals surface area contributed by atoms with Crippen molar-refractivity contribution in [3.8, 4) is 11.4 Å². The molecule has 0 aromatic carbocycles. The predicted molar refractivity (Wildman–Crippen MR) is 168 cm³/mol. The number of rotatable bonds is 5. The van der Waals surface area contributed by atoms with Crippen molar-refractivity contribution >= 4 is 51.5 Å². The van der Waals surface area contributed by atoms with Gasteiger partial charge in [-0.2, -0.15) is 9.97 Å². The largest absolute Gasteiger partial charge is 0.377 e. The number of aromatic nitrogens is 10. The average Bonchev–Trinajstić information content (AvgIpc) is 3.65. The lowest BCUT2D eigenvalue weighted by molar-refractivity contribution is 0.0986. The van der Waals surface area contributed by atoms with Gasteiger partial charge in [0.1, 0.15) is 0 Å². The molecule has 2 fully saturated rings. The average molecular weight is 622 g/mol. The van der Waals surface area contributed by atoms with Crippen LogP contribution in [0.15, 0.2) is 25.0 Å². The third-order valence-electron chi connectivity index (χ3n) is 7.75. The summed E-state index contributed by atoms with van der Waals surface area (Å²) in [5.74, 6) is 2.42. The van der Waals surface area contributed by atoms with Gasteiger partial charge in [-0.3, -0.25) is 0 Å². The molecule has 44 heavy (non-hydrogen) atoms. The van der Waals surface area contributed by atoms with E-state index in [1.54, 1.807) is 25.0 Å². The molecule has 7 rings (SSSR count). The van der Waals surface area contributed by atoms with Crippen molar-refractivity contribution in [1.82, 2.24) is 49.0 Å². The molecule has 0 amide bonds. The van der Waals surface area contributed by atoms with Crippen LogP contribution in [0.3, 0.4) is 0 Å². The fraction of sp³-hybridized carbons (Fsp3) is 0.500. The van der Waals surface area contributed by atoms with Crippen molar-refractivity contribution in [3.05, 3.63) is 30.3 Å². The summed E-state index contributed by atoms with van der Waals surface area (Å²) in [6.07, 6.45) is 6.87. The first-order valence-corrected chi connectivity index (χ1v) is 15.1. The first-order valence-electron chi connectivity index (χ1n) is 14.8. The molecule has 0 spiro atoms. The summed E-state index contributed by atoms with van der Waals surface area (Å²) in [7, 11) is 0. The van der Waals surface area contributed by atoms with Gasteiger partial charge in [0, 0.05) is 38.6 Å². The van der Waals surface area contributed by atoms with Crippen molar-refractivity contribution < 1.29 is 9.47 Å². The Morgan fingerprint density at radius 2 is 1.30 bits per heavy atom. The third kappa shape index (κ3) is 5.81.